The first-order valence-corrected chi connectivity index (χ1v) is 8.33. The van der Waals surface area contributed by atoms with Crippen molar-refractivity contribution in [2.24, 2.45) is 5.73 Å². The number of thioether (sulfide) groups is 1. The molecule has 0 unspecified atom stereocenters. The average molecular weight is 296 g/mol. The molecule has 5 nitrogen and oxygen atoms in total. The van der Waals surface area contributed by atoms with Gasteiger partial charge < -0.3 is 15.4 Å². The number of hydrogen-bond donors (Lipinski definition) is 1. The van der Waals surface area contributed by atoms with Gasteiger partial charge in [-0.25, -0.2) is 9.97 Å². The number of aromatic nitrogens is 2. The van der Waals surface area contributed by atoms with Crippen LogP contribution in [0, 0.1) is 6.92 Å². The van der Waals surface area contributed by atoms with E-state index >= 15 is 0 Å². The highest BCUT2D eigenvalue weighted by Crippen LogP contribution is 2.36. The topological polar surface area (TPSA) is 64.3 Å². The van der Waals surface area contributed by atoms with Crippen LogP contribution in [-0.4, -0.2) is 47.2 Å². The molecule has 0 atom stereocenters. The molecular formula is C14H24N4OS. The molecule has 0 aliphatic carbocycles. The highest BCUT2D eigenvalue weighted by atomic mass is 32.2. The highest BCUT2D eigenvalue weighted by molar-refractivity contribution is 8.00. The molecule has 0 amide bonds. The minimum atomic E-state index is 0.236. The first kappa shape index (κ1) is 15.4. The van der Waals surface area contributed by atoms with Gasteiger partial charge in [-0.1, -0.05) is 0 Å². The Morgan fingerprint density at radius 2 is 2.10 bits per heavy atom. The van der Waals surface area contributed by atoms with Crippen molar-refractivity contribution >= 4 is 17.6 Å². The van der Waals surface area contributed by atoms with E-state index in [4.69, 9.17) is 10.5 Å². The Kier molecular flexibility index (Phi) is 5.10. The molecule has 1 aromatic heterocycles. The summed E-state index contributed by atoms with van der Waals surface area (Å²) in [5.41, 5.74) is 6.97. The predicted molar refractivity (Wildman–Crippen MR) is 84.7 cm³/mol. The molecule has 1 fully saturated rings. The lowest BCUT2D eigenvalue weighted by Crippen LogP contribution is -2.47. The van der Waals surface area contributed by atoms with E-state index in [1.165, 1.54) is 0 Å². The van der Waals surface area contributed by atoms with Gasteiger partial charge in [-0.05, 0) is 32.9 Å². The van der Waals surface area contributed by atoms with Crippen molar-refractivity contribution in [2.45, 2.75) is 31.4 Å². The van der Waals surface area contributed by atoms with Gasteiger partial charge in [-0.3, -0.25) is 0 Å². The van der Waals surface area contributed by atoms with Crippen molar-refractivity contribution in [2.75, 3.05) is 37.4 Å². The van der Waals surface area contributed by atoms with Crippen molar-refractivity contribution in [3.05, 3.63) is 11.9 Å². The first-order valence-electron chi connectivity index (χ1n) is 7.10. The maximum absolute atomic E-state index is 5.94. The maximum Gasteiger partial charge on any atom is 0.221 e. The number of anilines is 1. The van der Waals surface area contributed by atoms with Gasteiger partial charge in [0.05, 0.1) is 12.2 Å². The van der Waals surface area contributed by atoms with Crippen LogP contribution >= 0.6 is 11.8 Å². The zero-order valence-corrected chi connectivity index (χ0v) is 13.4. The van der Waals surface area contributed by atoms with Crippen LogP contribution < -0.4 is 15.4 Å². The van der Waals surface area contributed by atoms with E-state index in [1.54, 1.807) is 6.33 Å². The van der Waals surface area contributed by atoms with E-state index in [9.17, 15) is 0 Å². The van der Waals surface area contributed by atoms with E-state index in [2.05, 4.69) is 21.1 Å². The van der Waals surface area contributed by atoms with Crippen LogP contribution in [0.5, 0.6) is 5.88 Å². The Morgan fingerprint density at radius 1 is 1.40 bits per heavy atom. The van der Waals surface area contributed by atoms with Gasteiger partial charge in [0.2, 0.25) is 5.88 Å². The summed E-state index contributed by atoms with van der Waals surface area (Å²) in [6.07, 6.45) is 5.94. The first-order chi connectivity index (χ1) is 9.65. The van der Waals surface area contributed by atoms with Crippen molar-refractivity contribution in [3.63, 3.8) is 0 Å². The number of hydrogen-bond acceptors (Lipinski definition) is 6. The fourth-order valence-electron chi connectivity index (χ4n) is 2.64. The fourth-order valence-corrected chi connectivity index (χ4v) is 3.40. The fraction of sp³-hybridized carbons (Fsp3) is 0.714. The molecule has 1 aliphatic rings. The zero-order valence-electron chi connectivity index (χ0n) is 12.6. The van der Waals surface area contributed by atoms with Gasteiger partial charge in [-0.2, -0.15) is 11.8 Å². The quantitative estimate of drug-likeness (QED) is 0.894. The molecule has 2 N–H and O–H groups in total. The summed E-state index contributed by atoms with van der Waals surface area (Å²) in [6, 6.07) is 0. The van der Waals surface area contributed by atoms with Crippen LogP contribution in [0.1, 0.15) is 25.3 Å². The van der Waals surface area contributed by atoms with Crippen LogP contribution in [0.15, 0.2) is 6.33 Å². The monoisotopic (exact) mass is 296 g/mol. The van der Waals surface area contributed by atoms with E-state index in [0.717, 1.165) is 43.9 Å². The molecule has 0 bridgehead atoms. The molecule has 0 saturated carbocycles. The molecule has 0 aromatic carbocycles. The summed E-state index contributed by atoms with van der Waals surface area (Å²) in [4.78, 5) is 11.0. The molecule has 2 rings (SSSR count). The average Bonchev–Trinajstić information content (AvgIpc) is 2.50. The summed E-state index contributed by atoms with van der Waals surface area (Å²) in [7, 11) is 0. The van der Waals surface area contributed by atoms with Crippen LogP contribution in [0.2, 0.25) is 0 Å². The van der Waals surface area contributed by atoms with Crippen LogP contribution in [-0.2, 0) is 0 Å². The lowest BCUT2D eigenvalue weighted by Gasteiger charge is -2.40. The van der Waals surface area contributed by atoms with Crippen molar-refractivity contribution in [1.82, 2.24) is 9.97 Å². The SMILES string of the molecule is CCOc1ncnc(N2CCC(CN)(SC)CC2)c1C. The molecular weight excluding hydrogens is 272 g/mol. The minimum absolute atomic E-state index is 0.236. The Labute approximate surface area is 125 Å². The Balaban J connectivity index is 2.13. The van der Waals surface area contributed by atoms with Crippen LogP contribution in [0.25, 0.3) is 0 Å². The second kappa shape index (κ2) is 6.63. The van der Waals surface area contributed by atoms with Gasteiger partial charge in [0, 0.05) is 24.4 Å². The molecule has 6 heteroatoms. The number of piperidine rings is 1. The van der Waals surface area contributed by atoms with E-state index in [-0.39, 0.29) is 4.75 Å². The van der Waals surface area contributed by atoms with Gasteiger partial charge in [-0.15, -0.1) is 0 Å². The van der Waals surface area contributed by atoms with Gasteiger partial charge in [0.1, 0.15) is 12.1 Å². The van der Waals surface area contributed by atoms with Crippen LogP contribution in [0.3, 0.4) is 0 Å². The highest BCUT2D eigenvalue weighted by Gasteiger charge is 2.33. The Hall–Kier alpha value is -1.01. The summed E-state index contributed by atoms with van der Waals surface area (Å²) in [5, 5.41) is 0. The molecule has 1 saturated heterocycles. The van der Waals surface area contributed by atoms with Gasteiger partial charge >= 0.3 is 0 Å². The summed E-state index contributed by atoms with van der Waals surface area (Å²) in [6.45, 7) is 7.34. The number of ether oxygens (including phenoxy) is 1. The normalized spacial score (nSPS) is 18.1. The zero-order chi connectivity index (χ0) is 14.6. The molecule has 1 aromatic rings. The molecule has 112 valence electrons. The third-order valence-corrected chi connectivity index (χ3v) is 5.51. The Bertz CT molecular complexity index is 441. The summed E-state index contributed by atoms with van der Waals surface area (Å²) >= 11 is 1.90. The van der Waals surface area contributed by atoms with Crippen LogP contribution in [0.4, 0.5) is 5.82 Å². The summed E-state index contributed by atoms with van der Waals surface area (Å²) < 4.78 is 5.79. The maximum atomic E-state index is 5.94. The van der Waals surface area contributed by atoms with Gasteiger partial charge in [0.25, 0.3) is 0 Å². The second-order valence-corrected chi connectivity index (χ2v) is 6.41. The van der Waals surface area contributed by atoms with E-state index < -0.39 is 0 Å². The lowest BCUT2D eigenvalue weighted by atomic mass is 9.95. The molecule has 0 radical (unpaired) electrons. The smallest absolute Gasteiger partial charge is 0.221 e. The number of nitrogens with zero attached hydrogens (tertiary/aromatic N) is 3. The van der Waals surface area contributed by atoms with Crippen molar-refractivity contribution < 1.29 is 4.74 Å². The Morgan fingerprint density at radius 3 is 2.65 bits per heavy atom. The third kappa shape index (κ3) is 3.01. The largest absolute Gasteiger partial charge is 0.478 e. The second-order valence-electron chi connectivity index (χ2n) is 5.14. The standard InChI is InChI=1S/C14H24N4OS/c1-4-19-13-11(2)12(16-10-17-13)18-7-5-14(9-15,20-3)6-8-18/h10H,4-9,15H2,1-3H3. The minimum Gasteiger partial charge on any atom is -0.478 e. The molecule has 0 spiro atoms. The summed E-state index contributed by atoms with van der Waals surface area (Å²) in [5.74, 6) is 1.69. The number of nitrogens with two attached hydrogens (primary N) is 1. The number of rotatable bonds is 5. The van der Waals surface area contributed by atoms with Crippen molar-refractivity contribution in [3.8, 4) is 5.88 Å². The lowest BCUT2D eigenvalue weighted by molar-refractivity contribution is 0.323. The predicted octanol–water partition coefficient (Wildman–Crippen LogP) is 1.84. The third-order valence-electron chi connectivity index (χ3n) is 4.07. The molecule has 20 heavy (non-hydrogen) atoms. The van der Waals surface area contributed by atoms with Crippen molar-refractivity contribution in [1.29, 1.82) is 0 Å². The molecule has 2 heterocycles. The van der Waals surface area contributed by atoms with Gasteiger partial charge in [0.15, 0.2) is 0 Å². The van der Waals surface area contributed by atoms with E-state index in [0.29, 0.717) is 12.5 Å². The van der Waals surface area contributed by atoms with E-state index in [1.807, 2.05) is 25.6 Å². The molecule has 1 aliphatic heterocycles.